The van der Waals surface area contributed by atoms with Crippen LogP contribution in [0.15, 0.2) is 0 Å². The minimum atomic E-state index is -3.13. The second-order valence-electron chi connectivity index (χ2n) is 5.12. The first kappa shape index (κ1) is 14.9. The topological polar surface area (TPSA) is 101 Å². The van der Waals surface area contributed by atoms with E-state index in [-0.39, 0.29) is 24.6 Å². The van der Waals surface area contributed by atoms with Crippen LogP contribution in [0.2, 0.25) is 0 Å². The van der Waals surface area contributed by atoms with Gasteiger partial charge in [0.1, 0.15) is 15.3 Å². The molecule has 7 heteroatoms. The second-order valence-corrected chi connectivity index (χ2v) is 7.38. The van der Waals surface area contributed by atoms with Crippen LogP contribution in [0.25, 0.3) is 0 Å². The van der Waals surface area contributed by atoms with E-state index in [0.29, 0.717) is 0 Å². The average molecular weight is 277 g/mol. The van der Waals surface area contributed by atoms with Crippen molar-refractivity contribution in [1.82, 2.24) is 5.32 Å². The lowest BCUT2D eigenvalue weighted by molar-refractivity contribution is -0.155. The fourth-order valence-corrected chi connectivity index (χ4v) is 2.25. The lowest BCUT2D eigenvalue weighted by Gasteiger charge is -2.23. The number of sulfone groups is 1. The Morgan fingerprint density at radius 1 is 1.39 bits per heavy atom. The molecule has 6 nitrogen and oxygen atoms in total. The lowest BCUT2D eigenvalue weighted by Crippen LogP contribution is -2.45. The molecule has 1 aliphatic rings. The molecule has 0 spiro atoms. The van der Waals surface area contributed by atoms with Gasteiger partial charge in [-0.05, 0) is 32.6 Å². The monoisotopic (exact) mass is 277 g/mol. The van der Waals surface area contributed by atoms with Gasteiger partial charge in [0, 0.05) is 18.1 Å². The van der Waals surface area contributed by atoms with E-state index in [4.69, 9.17) is 5.11 Å². The van der Waals surface area contributed by atoms with Gasteiger partial charge in [-0.3, -0.25) is 9.59 Å². The third-order valence-corrected chi connectivity index (χ3v) is 4.11. The Kier molecular flexibility index (Phi) is 4.37. The number of aliphatic carboxylic acids is 1. The smallest absolute Gasteiger partial charge is 0.318 e. The number of carbonyl (C=O) groups excluding carboxylic acids is 1. The van der Waals surface area contributed by atoms with Crippen LogP contribution in [0.1, 0.15) is 32.6 Å². The van der Waals surface area contributed by atoms with Gasteiger partial charge in [0.2, 0.25) is 5.91 Å². The van der Waals surface area contributed by atoms with Crippen molar-refractivity contribution in [3.63, 3.8) is 0 Å². The van der Waals surface area contributed by atoms with Gasteiger partial charge >= 0.3 is 5.97 Å². The first-order chi connectivity index (χ1) is 8.15. The Morgan fingerprint density at radius 3 is 2.33 bits per heavy atom. The summed E-state index contributed by atoms with van der Waals surface area (Å²) in [7, 11) is -3.13. The van der Waals surface area contributed by atoms with Crippen LogP contribution in [0.5, 0.6) is 0 Å². The van der Waals surface area contributed by atoms with Crippen LogP contribution in [-0.2, 0) is 19.4 Å². The van der Waals surface area contributed by atoms with Crippen molar-refractivity contribution >= 4 is 21.7 Å². The summed E-state index contributed by atoms with van der Waals surface area (Å²) in [4.78, 5) is 23.1. The molecule has 0 aromatic rings. The summed E-state index contributed by atoms with van der Waals surface area (Å²) in [5, 5.41) is 11.8. The highest BCUT2D eigenvalue weighted by Gasteiger charge is 2.42. The van der Waals surface area contributed by atoms with Gasteiger partial charge < -0.3 is 10.4 Å². The molecule has 0 aromatic heterocycles. The summed E-state index contributed by atoms with van der Waals surface area (Å²) in [6, 6.07) is 0.0890. The predicted molar refractivity (Wildman–Crippen MR) is 65.9 cm³/mol. The zero-order chi connectivity index (χ0) is 14.0. The number of carboxylic acids is 1. The minimum Gasteiger partial charge on any atom is -0.480 e. The minimum absolute atomic E-state index is 0.0218. The molecular formula is C11H19NO5S. The molecule has 2 N–H and O–H groups in total. The van der Waals surface area contributed by atoms with Gasteiger partial charge in [0.05, 0.1) is 0 Å². The summed E-state index contributed by atoms with van der Waals surface area (Å²) in [6.07, 6.45) is 3.04. The van der Waals surface area contributed by atoms with Crippen LogP contribution < -0.4 is 5.32 Å². The van der Waals surface area contributed by atoms with Crippen molar-refractivity contribution in [2.24, 2.45) is 5.41 Å². The standard InChI is InChI=1S/C11H19NO5S/c1-11(10(14)15,6-3-7-18(2,16)17)9(13)12-8-4-5-8/h8H,3-7H2,1-2H3,(H,12,13)(H,14,15). The third-order valence-electron chi connectivity index (χ3n) is 3.08. The number of nitrogens with one attached hydrogen (secondary N) is 1. The summed E-state index contributed by atoms with van der Waals surface area (Å²) in [5.41, 5.74) is -1.55. The summed E-state index contributed by atoms with van der Waals surface area (Å²) in [6.45, 7) is 1.34. The highest BCUT2D eigenvalue weighted by atomic mass is 32.2. The molecule has 1 aliphatic carbocycles. The summed E-state index contributed by atoms with van der Waals surface area (Å²) < 4.78 is 22.0. The molecule has 0 saturated heterocycles. The van der Waals surface area contributed by atoms with E-state index >= 15 is 0 Å². The quantitative estimate of drug-likeness (QED) is 0.647. The zero-order valence-corrected chi connectivity index (χ0v) is 11.4. The molecule has 104 valence electrons. The van der Waals surface area contributed by atoms with Gasteiger partial charge in [-0.1, -0.05) is 0 Å². The molecule has 1 unspecified atom stereocenters. The van der Waals surface area contributed by atoms with E-state index in [2.05, 4.69) is 5.32 Å². The van der Waals surface area contributed by atoms with Crippen molar-refractivity contribution in [1.29, 1.82) is 0 Å². The number of hydrogen-bond acceptors (Lipinski definition) is 4. The Balaban J connectivity index is 2.61. The largest absolute Gasteiger partial charge is 0.480 e. The second kappa shape index (κ2) is 5.26. The summed E-state index contributed by atoms with van der Waals surface area (Å²) in [5.74, 6) is -1.84. The highest BCUT2D eigenvalue weighted by molar-refractivity contribution is 7.90. The fourth-order valence-electron chi connectivity index (χ4n) is 1.58. The number of carboxylic acid groups (broad SMARTS) is 1. The highest BCUT2D eigenvalue weighted by Crippen LogP contribution is 2.27. The molecule has 0 bridgehead atoms. The van der Waals surface area contributed by atoms with Gasteiger partial charge in [-0.15, -0.1) is 0 Å². The van der Waals surface area contributed by atoms with E-state index in [1.165, 1.54) is 6.92 Å². The molecule has 0 aliphatic heterocycles. The van der Waals surface area contributed by atoms with Crippen molar-refractivity contribution in [3.05, 3.63) is 0 Å². The van der Waals surface area contributed by atoms with Gasteiger partial charge in [0.25, 0.3) is 0 Å². The van der Waals surface area contributed by atoms with Crippen LogP contribution >= 0.6 is 0 Å². The number of rotatable bonds is 7. The molecular weight excluding hydrogens is 258 g/mol. The van der Waals surface area contributed by atoms with Crippen molar-refractivity contribution in [2.75, 3.05) is 12.0 Å². The molecule has 1 amide bonds. The maximum absolute atomic E-state index is 11.9. The Bertz CT molecular complexity index is 440. The molecule has 0 heterocycles. The van der Waals surface area contributed by atoms with E-state index in [1.54, 1.807) is 0 Å². The van der Waals surface area contributed by atoms with Crippen molar-refractivity contribution in [2.45, 2.75) is 38.6 Å². The maximum atomic E-state index is 11.9. The van der Waals surface area contributed by atoms with Gasteiger partial charge in [0.15, 0.2) is 0 Å². The lowest BCUT2D eigenvalue weighted by atomic mass is 9.84. The SMILES string of the molecule is CC(CCCS(C)(=O)=O)(C(=O)O)C(=O)NC1CC1. The number of carbonyl (C=O) groups is 2. The Labute approximate surface area is 107 Å². The molecule has 18 heavy (non-hydrogen) atoms. The number of hydrogen-bond donors (Lipinski definition) is 2. The first-order valence-corrected chi connectivity index (χ1v) is 7.93. The van der Waals surface area contributed by atoms with Gasteiger partial charge in [-0.25, -0.2) is 8.42 Å². The van der Waals surface area contributed by atoms with Crippen LogP contribution in [0, 0.1) is 5.41 Å². The van der Waals surface area contributed by atoms with E-state index in [1.807, 2.05) is 0 Å². The fraction of sp³-hybridized carbons (Fsp3) is 0.818. The van der Waals surface area contributed by atoms with E-state index < -0.39 is 27.1 Å². The molecule has 1 fully saturated rings. The maximum Gasteiger partial charge on any atom is 0.318 e. The zero-order valence-electron chi connectivity index (χ0n) is 10.6. The predicted octanol–water partition coefficient (Wildman–Crippen LogP) is 0.181. The third kappa shape index (κ3) is 4.29. The van der Waals surface area contributed by atoms with Crippen molar-refractivity contribution in [3.8, 4) is 0 Å². The molecule has 1 atom stereocenters. The van der Waals surface area contributed by atoms with E-state index in [9.17, 15) is 18.0 Å². The van der Waals surface area contributed by atoms with Crippen LogP contribution in [0.4, 0.5) is 0 Å². The molecule has 1 saturated carbocycles. The van der Waals surface area contributed by atoms with Crippen molar-refractivity contribution < 1.29 is 23.1 Å². The molecule has 1 rings (SSSR count). The first-order valence-electron chi connectivity index (χ1n) is 5.87. The van der Waals surface area contributed by atoms with Gasteiger partial charge in [-0.2, -0.15) is 0 Å². The molecule has 0 aromatic carbocycles. The molecule has 0 radical (unpaired) electrons. The Morgan fingerprint density at radius 2 is 1.94 bits per heavy atom. The normalized spacial score (nSPS) is 19.0. The number of amides is 1. The average Bonchev–Trinajstić information content (AvgIpc) is 2.98. The Hall–Kier alpha value is -1.11. The van der Waals surface area contributed by atoms with Crippen LogP contribution in [0.3, 0.4) is 0 Å². The summed E-state index contributed by atoms with van der Waals surface area (Å²) >= 11 is 0. The van der Waals surface area contributed by atoms with E-state index in [0.717, 1.165) is 19.1 Å². The van der Waals surface area contributed by atoms with Crippen LogP contribution in [-0.4, -0.2) is 43.5 Å².